The molecular weight excluding hydrogens is 244 g/mol. The topological polar surface area (TPSA) is 64.8 Å². The van der Waals surface area contributed by atoms with E-state index in [4.69, 9.17) is 15.2 Å². The first-order chi connectivity index (χ1) is 8.99. The van der Waals surface area contributed by atoms with Gasteiger partial charge in [0.05, 0.1) is 13.7 Å². The highest BCUT2D eigenvalue weighted by Gasteiger charge is 2.50. The van der Waals surface area contributed by atoms with Crippen molar-refractivity contribution in [2.24, 2.45) is 11.7 Å². The molecule has 0 aliphatic heterocycles. The first kappa shape index (κ1) is 16.4. The Kier molecular flexibility index (Phi) is 6.23. The van der Waals surface area contributed by atoms with Gasteiger partial charge in [0, 0.05) is 26.2 Å². The first-order valence-corrected chi connectivity index (χ1v) is 7.09. The second kappa shape index (κ2) is 7.22. The van der Waals surface area contributed by atoms with Crippen molar-refractivity contribution in [2.75, 3.05) is 33.9 Å². The molecule has 0 aromatic rings. The Morgan fingerprint density at radius 3 is 2.53 bits per heavy atom. The number of nitrogens with two attached hydrogens (primary N) is 1. The van der Waals surface area contributed by atoms with Gasteiger partial charge in [-0.25, -0.2) is 0 Å². The van der Waals surface area contributed by atoms with Crippen molar-refractivity contribution < 1.29 is 14.3 Å². The fraction of sp³-hybridized carbons (Fsp3) is 0.929. The lowest BCUT2D eigenvalue weighted by molar-refractivity contribution is -0.149. The normalized spacial score (nSPS) is 20.1. The highest BCUT2D eigenvalue weighted by molar-refractivity contribution is 5.81. The summed E-state index contributed by atoms with van der Waals surface area (Å²) in [6, 6.07) is 0.376. The van der Waals surface area contributed by atoms with Gasteiger partial charge < -0.3 is 15.2 Å². The lowest BCUT2D eigenvalue weighted by atomic mass is 9.93. The largest absolute Gasteiger partial charge is 0.468 e. The van der Waals surface area contributed by atoms with Crippen molar-refractivity contribution in [1.29, 1.82) is 0 Å². The van der Waals surface area contributed by atoms with Crippen LogP contribution < -0.4 is 5.73 Å². The van der Waals surface area contributed by atoms with E-state index in [1.165, 1.54) is 7.11 Å². The second-order valence-corrected chi connectivity index (χ2v) is 5.53. The molecule has 112 valence electrons. The maximum Gasteiger partial charge on any atom is 0.327 e. The van der Waals surface area contributed by atoms with Crippen LogP contribution in [0, 0.1) is 5.92 Å². The molecule has 1 rings (SSSR count). The van der Waals surface area contributed by atoms with E-state index < -0.39 is 5.54 Å². The van der Waals surface area contributed by atoms with Crippen molar-refractivity contribution in [2.45, 2.75) is 44.7 Å². The van der Waals surface area contributed by atoms with Crippen LogP contribution in [0.4, 0.5) is 0 Å². The van der Waals surface area contributed by atoms with Crippen molar-refractivity contribution >= 4 is 5.97 Å². The molecule has 5 heteroatoms. The number of ether oxygens (including phenoxy) is 2. The fourth-order valence-corrected chi connectivity index (χ4v) is 2.41. The van der Waals surface area contributed by atoms with Crippen LogP contribution in [0.1, 0.15) is 33.1 Å². The second-order valence-electron chi connectivity index (χ2n) is 5.53. The Bertz CT molecular complexity index is 294. The maximum atomic E-state index is 12.0. The summed E-state index contributed by atoms with van der Waals surface area (Å²) in [6.07, 6.45) is 3.06. The first-order valence-electron chi connectivity index (χ1n) is 7.09. The Morgan fingerprint density at radius 1 is 1.47 bits per heavy atom. The van der Waals surface area contributed by atoms with Gasteiger partial charge in [0.2, 0.25) is 0 Å². The molecule has 0 heterocycles. The highest BCUT2D eigenvalue weighted by Crippen LogP contribution is 2.39. The average molecular weight is 272 g/mol. The third kappa shape index (κ3) is 4.16. The molecule has 0 spiro atoms. The summed E-state index contributed by atoms with van der Waals surface area (Å²) in [5.74, 6) is -0.0326. The summed E-state index contributed by atoms with van der Waals surface area (Å²) in [6.45, 7) is 6.27. The molecule has 5 nitrogen and oxygen atoms in total. The molecular formula is C14H28N2O3. The third-order valence-corrected chi connectivity index (χ3v) is 4.13. The molecule has 1 aliphatic rings. The summed E-state index contributed by atoms with van der Waals surface area (Å²) < 4.78 is 10.1. The van der Waals surface area contributed by atoms with E-state index in [0.29, 0.717) is 19.2 Å². The SMILES string of the molecule is CCC(C)N(CCOC)CC(N)(C(=O)OC)C1CC1. The predicted octanol–water partition coefficient (Wildman–Crippen LogP) is 1.01. The summed E-state index contributed by atoms with van der Waals surface area (Å²) in [5.41, 5.74) is 5.50. The smallest absolute Gasteiger partial charge is 0.327 e. The van der Waals surface area contributed by atoms with Gasteiger partial charge >= 0.3 is 5.97 Å². The standard InChI is InChI=1S/C14H28N2O3/c1-5-11(2)16(8-9-18-3)10-14(15,12-6-7-12)13(17)19-4/h11-12H,5-10,15H2,1-4H3. The molecule has 1 aliphatic carbocycles. The van der Waals surface area contributed by atoms with Crippen LogP contribution in [0.25, 0.3) is 0 Å². The molecule has 0 radical (unpaired) electrons. The van der Waals surface area contributed by atoms with E-state index in [0.717, 1.165) is 25.8 Å². The van der Waals surface area contributed by atoms with Crippen molar-refractivity contribution in [3.05, 3.63) is 0 Å². The highest BCUT2D eigenvalue weighted by atomic mass is 16.5. The molecule has 19 heavy (non-hydrogen) atoms. The molecule has 1 saturated carbocycles. The Labute approximate surface area is 116 Å². The van der Waals surface area contributed by atoms with Gasteiger partial charge in [-0.2, -0.15) is 0 Å². The van der Waals surface area contributed by atoms with Crippen LogP contribution in [-0.2, 0) is 14.3 Å². The van der Waals surface area contributed by atoms with Gasteiger partial charge in [-0.05, 0) is 32.1 Å². The molecule has 0 bridgehead atoms. The molecule has 0 aromatic heterocycles. The van der Waals surface area contributed by atoms with E-state index in [1.807, 2.05) is 0 Å². The van der Waals surface area contributed by atoms with Crippen LogP contribution in [0.5, 0.6) is 0 Å². The minimum atomic E-state index is -0.869. The number of rotatable bonds is 9. The zero-order valence-electron chi connectivity index (χ0n) is 12.6. The zero-order valence-corrected chi connectivity index (χ0v) is 12.6. The van der Waals surface area contributed by atoms with Gasteiger partial charge in [0.1, 0.15) is 5.54 Å². The number of hydrogen-bond donors (Lipinski definition) is 1. The van der Waals surface area contributed by atoms with Gasteiger partial charge in [-0.3, -0.25) is 9.69 Å². The minimum Gasteiger partial charge on any atom is -0.468 e. The van der Waals surface area contributed by atoms with Crippen molar-refractivity contribution in [1.82, 2.24) is 4.90 Å². The fourth-order valence-electron chi connectivity index (χ4n) is 2.41. The monoisotopic (exact) mass is 272 g/mol. The van der Waals surface area contributed by atoms with Crippen LogP contribution in [0.2, 0.25) is 0 Å². The Hall–Kier alpha value is -0.650. The summed E-state index contributed by atoms with van der Waals surface area (Å²) in [7, 11) is 3.10. The van der Waals surface area contributed by atoms with Crippen LogP contribution >= 0.6 is 0 Å². The van der Waals surface area contributed by atoms with E-state index in [-0.39, 0.29) is 11.9 Å². The predicted molar refractivity (Wildman–Crippen MR) is 74.9 cm³/mol. The quantitative estimate of drug-likeness (QED) is 0.635. The van der Waals surface area contributed by atoms with Crippen LogP contribution in [-0.4, -0.2) is 56.4 Å². The van der Waals surface area contributed by atoms with Gasteiger partial charge in [-0.1, -0.05) is 6.92 Å². The van der Waals surface area contributed by atoms with Crippen LogP contribution in [0.15, 0.2) is 0 Å². The number of methoxy groups -OCH3 is 2. The number of carbonyl (C=O) groups excluding carboxylic acids is 1. The molecule has 0 saturated heterocycles. The molecule has 0 aromatic carbocycles. The summed E-state index contributed by atoms with van der Waals surface area (Å²) in [4.78, 5) is 14.3. The van der Waals surface area contributed by atoms with Crippen molar-refractivity contribution in [3.8, 4) is 0 Å². The van der Waals surface area contributed by atoms with Crippen LogP contribution in [0.3, 0.4) is 0 Å². The lowest BCUT2D eigenvalue weighted by Gasteiger charge is -2.36. The molecule has 0 amide bonds. The van der Waals surface area contributed by atoms with Gasteiger partial charge in [-0.15, -0.1) is 0 Å². The van der Waals surface area contributed by atoms with E-state index in [9.17, 15) is 4.79 Å². The Morgan fingerprint density at radius 2 is 2.11 bits per heavy atom. The number of nitrogens with zero attached hydrogens (tertiary/aromatic N) is 1. The van der Waals surface area contributed by atoms with Gasteiger partial charge in [0.25, 0.3) is 0 Å². The lowest BCUT2D eigenvalue weighted by Crippen LogP contribution is -2.60. The molecule has 2 N–H and O–H groups in total. The summed E-state index contributed by atoms with van der Waals surface area (Å²) in [5, 5.41) is 0. The number of esters is 1. The summed E-state index contributed by atoms with van der Waals surface area (Å²) >= 11 is 0. The van der Waals surface area contributed by atoms with E-state index in [2.05, 4.69) is 18.7 Å². The number of hydrogen-bond acceptors (Lipinski definition) is 5. The van der Waals surface area contributed by atoms with E-state index in [1.54, 1.807) is 7.11 Å². The minimum absolute atomic E-state index is 0.258. The zero-order chi connectivity index (χ0) is 14.5. The third-order valence-electron chi connectivity index (χ3n) is 4.13. The molecule has 2 unspecified atom stereocenters. The Balaban J connectivity index is 2.75. The molecule has 1 fully saturated rings. The molecule has 2 atom stereocenters. The number of carbonyl (C=O) groups is 1. The van der Waals surface area contributed by atoms with E-state index >= 15 is 0 Å². The average Bonchev–Trinajstić information content (AvgIpc) is 3.25. The van der Waals surface area contributed by atoms with Gasteiger partial charge in [0.15, 0.2) is 0 Å². The van der Waals surface area contributed by atoms with Crippen molar-refractivity contribution in [3.63, 3.8) is 0 Å². The maximum absolute atomic E-state index is 12.0.